The quantitative estimate of drug-likeness (QED) is 0.843. The van der Waals surface area contributed by atoms with Gasteiger partial charge in [0, 0.05) is 44.7 Å². The molecule has 2 fully saturated rings. The average molecular weight is 297 g/mol. The van der Waals surface area contributed by atoms with Crippen LogP contribution in [-0.4, -0.2) is 67.2 Å². The smallest absolute Gasteiger partial charge is 0.224 e. The predicted octanol–water partition coefficient (Wildman–Crippen LogP) is 1.07. The van der Waals surface area contributed by atoms with Crippen molar-refractivity contribution >= 4 is 5.91 Å². The van der Waals surface area contributed by atoms with E-state index in [0.717, 1.165) is 52.2 Å². The molecule has 21 heavy (non-hydrogen) atoms. The minimum absolute atomic E-state index is 0.0278. The summed E-state index contributed by atoms with van der Waals surface area (Å²) in [5, 5.41) is 0. The molecule has 0 aromatic carbocycles. The van der Waals surface area contributed by atoms with Gasteiger partial charge in [-0.15, -0.1) is 0 Å². The van der Waals surface area contributed by atoms with E-state index >= 15 is 0 Å². The molecule has 2 aliphatic rings. The number of hydrogen-bond donors (Lipinski definition) is 1. The first-order valence-electron chi connectivity index (χ1n) is 8.20. The molecule has 0 radical (unpaired) electrons. The molecule has 0 bridgehead atoms. The zero-order chi connectivity index (χ0) is 15.5. The van der Waals surface area contributed by atoms with Crippen LogP contribution in [0.25, 0.3) is 0 Å². The minimum atomic E-state index is -0.0278. The van der Waals surface area contributed by atoms with Gasteiger partial charge in [0.25, 0.3) is 0 Å². The Morgan fingerprint density at radius 2 is 1.95 bits per heavy atom. The largest absolute Gasteiger partial charge is 0.379 e. The van der Waals surface area contributed by atoms with Crippen molar-refractivity contribution in [1.82, 2.24) is 9.80 Å². The van der Waals surface area contributed by atoms with Gasteiger partial charge in [0.05, 0.1) is 13.2 Å². The zero-order valence-electron chi connectivity index (χ0n) is 13.8. The van der Waals surface area contributed by atoms with Crippen LogP contribution < -0.4 is 5.73 Å². The normalized spacial score (nSPS) is 26.1. The Hall–Kier alpha value is -0.650. The van der Waals surface area contributed by atoms with Crippen LogP contribution in [0.3, 0.4) is 0 Å². The van der Waals surface area contributed by atoms with Crippen molar-refractivity contribution in [2.45, 2.75) is 52.1 Å². The first-order valence-corrected chi connectivity index (χ1v) is 8.20. The Kier molecular flexibility index (Phi) is 5.63. The summed E-state index contributed by atoms with van der Waals surface area (Å²) in [5.41, 5.74) is 6.31. The number of likely N-dealkylation sites (tertiary alicyclic amines) is 1. The molecular formula is C16H31N3O2. The second-order valence-electron chi connectivity index (χ2n) is 7.66. The first kappa shape index (κ1) is 16.7. The van der Waals surface area contributed by atoms with Crippen molar-refractivity contribution < 1.29 is 9.53 Å². The van der Waals surface area contributed by atoms with Crippen LogP contribution in [0, 0.1) is 5.41 Å². The number of amides is 1. The number of nitrogens with two attached hydrogens (primary N) is 1. The number of rotatable bonds is 4. The molecule has 0 aromatic rings. The van der Waals surface area contributed by atoms with Gasteiger partial charge in [-0.3, -0.25) is 9.69 Å². The lowest BCUT2D eigenvalue weighted by Crippen LogP contribution is -2.45. The van der Waals surface area contributed by atoms with E-state index in [-0.39, 0.29) is 17.4 Å². The van der Waals surface area contributed by atoms with E-state index < -0.39 is 0 Å². The van der Waals surface area contributed by atoms with Crippen molar-refractivity contribution in [3.05, 3.63) is 0 Å². The van der Waals surface area contributed by atoms with Crippen LogP contribution >= 0.6 is 0 Å². The maximum absolute atomic E-state index is 12.4. The lowest BCUT2D eigenvalue weighted by molar-refractivity contribution is -0.130. The van der Waals surface area contributed by atoms with E-state index in [1.807, 2.05) is 4.90 Å². The molecule has 2 saturated heterocycles. The molecular weight excluding hydrogens is 266 g/mol. The fraction of sp³-hybridized carbons (Fsp3) is 0.938. The molecule has 1 amide bonds. The number of nitrogens with zero attached hydrogens (tertiary/aromatic N) is 2. The van der Waals surface area contributed by atoms with Crippen molar-refractivity contribution in [1.29, 1.82) is 0 Å². The van der Waals surface area contributed by atoms with Crippen LogP contribution in [0.15, 0.2) is 0 Å². The third kappa shape index (κ3) is 5.24. The molecule has 2 N–H and O–H groups in total. The van der Waals surface area contributed by atoms with Gasteiger partial charge < -0.3 is 15.4 Å². The van der Waals surface area contributed by atoms with Gasteiger partial charge >= 0.3 is 0 Å². The molecule has 2 unspecified atom stereocenters. The van der Waals surface area contributed by atoms with Crippen LogP contribution in [0.4, 0.5) is 0 Å². The topological polar surface area (TPSA) is 58.8 Å². The van der Waals surface area contributed by atoms with Crippen LogP contribution in [0.5, 0.6) is 0 Å². The van der Waals surface area contributed by atoms with Gasteiger partial charge in [0.2, 0.25) is 5.91 Å². The summed E-state index contributed by atoms with van der Waals surface area (Å²) in [6.07, 6.45) is 2.45. The number of carbonyl (C=O) groups excluding carboxylic acids is 1. The fourth-order valence-corrected chi connectivity index (χ4v) is 3.42. The van der Waals surface area contributed by atoms with E-state index in [9.17, 15) is 4.79 Å². The standard InChI is InChI=1S/C16H31N3O2/c1-16(2,3)11-13(17)10-15(20)19-5-4-14(12-19)18-6-8-21-9-7-18/h13-14H,4-12,17H2,1-3H3. The summed E-state index contributed by atoms with van der Waals surface area (Å²) >= 11 is 0. The van der Waals surface area contributed by atoms with Gasteiger partial charge in [0.1, 0.15) is 0 Å². The molecule has 2 atom stereocenters. The lowest BCUT2D eigenvalue weighted by atomic mass is 9.87. The van der Waals surface area contributed by atoms with Crippen LogP contribution in [0.2, 0.25) is 0 Å². The molecule has 0 aromatic heterocycles. The molecule has 0 spiro atoms. The Bertz CT molecular complexity index is 348. The Morgan fingerprint density at radius 1 is 1.29 bits per heavy atom. The van der Waals surface area contributed by atoms with Crippen LogP contribution in [0.1, 0.15) is 40.0 Å². The van der Waals surface area contributed by atoms with Crippen molar-refractivity contribution in [2.75, 3.05) is 39.4 Å². The van der Waals surface area contributed by atoms with Crippen molar-refractivity contribution in [3.63, 3.8) is 0 Å². The summed E-state index contributed by atoms with van der Waals surface area (Å²) in [5.74, 6) is 0.225. The highest BCUT2D eigenvalue weighted by atomic mass is 16.5. The van der Waals surface area contributed by atoms with Gasteiger partial charge in [0.15, 0.2) is 0 Å². The maximum Gasteiger partial charge on any atom is 0.224 e. The minimum Gasteiger partial charge on any atom is -0.379 e. The number of ether oxygens (including phenoxy) is 1. The summed E-state index contributed by atoms with van der Waals surface area (Å²) < 4.78 is 5.39. The Morgan fingerprint density at radius 3 is 2.57 bits per heavy atom. The molecule has 0 aliphatic carbocycles. The predicted molar refractivity (Wildman–Crippen MR) is 84.0 cm³/mol. The van der Waals surface area contributed by atoms with Gasteiger partial charge in [-0.25, -0.2) is 0 Å². The lowest BCUT2D eigenvalue weighted by Gasteiger charge is -2.32. The van der Waals surface area contributed by atoms with Gasteiger partial charge in [-0.05, 0) is 18.3 Å². The molecule has 5 heteroatoms. The maximum atomic E-state index is 12.4. The van der Waals surface area contributed by atoms with E-state index in [1.54, 1.807) is 0 Å². The molecule has 0 saturated carbocycles. The second kappa shape index (κ2) is 7.07. The molecule has 2 aliphatic heterocycles. The molecule has 2 heterocycles. The molecule has 122 valence electrons. The summed E-state index contributed by atoms with van der Waals surface area (Å²) in [6, 6.07) is 0.483. The van der Waals surface area contributed by atoms with E-state index in [4.69, 9.17) is 10.5 Å². The SMILES string of the molecule is CC(C)(C)CC(N)CC(=O)N1CCC(N2CCOCC2)C1. The molecule has 5 nitrogen and oxygen atoms in total. The number of morpholine rings is 1. The van der Waals surface area contributed by atoms with Crippen molar-refractivity contribution in [3.8, 4) is 0 Å². The highest BCUT2D eigenvalue weighted by Crippen LogP contribution is 2.23. The average Bonchev–Trinajstić information content (AvgIpc) is 2.87. The van der Waals surface area contributed by atoms with Crippen molar-refractivity contribution in [2.24, 2.45) is 11.1 Å². The third-order valence-electron chi connectivity index (χ3n) is 4.39. The van der Waals surface area contributed by atoms with Crippen LogP contribution in [-0.2, 0) is 9.53 Å². The fourth-order valence-electron chi connectivity index (χ4n) is 3.42. The third-order valence-corrected chi connectivity index (χ3v) is 4.39. The number of hydrogen-bond acceptors (Lipinski definition) is 4. The summed E-state index contributed by atoms with van der Waals surface area (Å²) in [7, 11) is 0. The zero-order valence-corrected chi connectivity index (χ0v) is 13.8. The summed E-state index contributed by atoms with van der Waals surface area (Å²) in [6.45, 7) is 11.9. The second-order valence-corrected chi connectivity index (χ2v) is 7.66. The number of carbonyl (C=O) groups is 1. The highest BCUT2D eigenvalue weighted by molar-refractivity contribution is 5.77. The van der Waals surface area contributed by atoms with Gasteiger partial charge in [-0.2, -0.15) is 0 Å². The van der Waals surface area contributed by atoms with E-state index in [0.29, 0.717) is 12.5 Å². The Labute approximate surface area is 128 Å². The highest BCUT2D eigenvalue weighted by Gasteiger charge is 2.31. The first-order chi connectivity index (χ1) is 9.85. The van der Waals surface area contributed by atoms with E-state index in [1.165, 1.54) is 0 Å². The molecule has 2 rings (SSSR count). The monoisotopic (exact) mass is 297 g/mol. The summed E-state index contributed by atoms with van der Waals surface area (Å²) in [4.78, 5) is 16.8. The van der Waals surface area contributed by atoms with Gasteiger partial charge in [-0.1, -0.05) is 20.8 Å². The Balaban J connectivity index is 1.76. The van der Waals surface area contributed by atoms with E-state index in [2.05, 4.69) is 25.7 Å².